The maximum atomic E-state index is 4.32. The Labute approximate surface area is 100 Å². The van der Waals surface area contributed by atoms with Crippen LogP contribution in [0, 0.1) is 6.92 Å². The zero-order valence-electron chi connectivity index (χ0n) is 9.73. The molecule has 2 rings (SSSR count). The van der Waals surface area contributed by atoms with Crippen LogP contribution >= 0.6 is 11.3 Å². The summed E-state index contributed by atoms with van der Waals surface area (Å²) in [6.07, 6.45) is 5.00. The lowest BCUT2D eigenvalue weighted by Crippen LogP contribution is -2.06. The topological polar surface area (TPSA) is 29.9 Å². The summed E-state index contributed by atoms with van der Waals surface area (Å²) in [5.74, 6) is 0.967. The van der Waals surface area contributed by atoms with Crippen molar-refractivity contribution in [2.24, 2.45) is 0 Å². The zero-order chi connectivity index (χ0) is 11.4. The maximum Gasteiger partial charge on any atom is 0.203 e. The number of hydrogen-bond donors (Lipinski definition) is 1. The number of aromatic nitrogens is 2. The van der Waals surface area contributed by atoms with Crippen molar-refractivity contribution >= 4 is 17.3 Å². The first kappa shape index (κ1) is 11.2. The SMILES string of the molecule is CCCn1ccnc1NCc1sccc1C. The molecule has 86 valence electrons. The Morgan fingerprint density at radius 2 is 2.38 bits per heavy atom. The molecule has 0 atom stereocenters. The van der Waals surface area contributed by atoms with Crippen LogP contribution in [0.2, 0.25) is 0 Å². The molecule has 2 aromatic heterocycles. The molecule has 0 aromatic carbocycles. The molecule has 0 aliphatic carbocycles. The maximum absolute atomic E-state index is 4.32. The van der Waals surface area contributed by atoms with Gasteiger partial charge < -0.3 is 9.88 Å². The van der Waals surface area contributed by atoms with E-state index < -0.39 is 0 Å². The van der Waals surface area contributed by atoms with E-state index in [1.807, 2.05) is 12.4 Å². The van der Waals surface area contributed by atoms with Crippen molar-refractivity contribution in [1.29, 1.82) is 0 Å². The lowest BCUT2D eigenvalue weighted by atomic mass is 10.3. The molecule has 0 spiro atoms. The van der Waals surface area contributed by atoms with Gasteiger partial charge >= 0.3 is 0 Å². The molecule has 0 amide bonds. The van der Waals surface area contributed by atoms with Crippen LogP contribution in [0.25, 0.3) is 0 Å². The van der Waals surface area contributed by atoms with Gasteiger partial charge in [-0.15, -0.1) is 11.3 Å². The van der Waals surface area contributed by atoms with Crippen molar-refractivity contribution in [3.8, 4) is 0 Å². The van der Waals surface area contributed by atoms with Gasteiger partial charge in [-0.1, -0.05) is 6.92 Å². The summed E-state index contributed by atoms with van der Waals surface area (Å²) in [5, 5.41) is 5.51. The highest BCUT2D eigenvalue weighted by Crippen LogP contribution is 2.17. The third-order valence-electron chi connectivity index (χ3n) is 2.56. The summed E-state index contributed by atoms with van der Waals surface area (Å²) < 4.78 is 2.16. The summed E-state index contributed by atoms with van der Waals surface area (Å²) in [7, 11) is 0. The van der Waals surface area contributed by atoms with Crippen LogP contribution in [-0.2, 0) is 13.1 Å². The number of nitrogens with one attached hydrogen (secondary N) is 1. The van der Waals surface area contributed by atoms with E-state index in [-0.39, 0.29) is 0 Å². The van der Waals surface area contributed by atoms with E-state index in [0.29, 0.717) is 0 Å². The molecule has 0 unspecified atom stereocenters. The van der Waals surface area contributed by atoms with Gasteiger partial charge in [0.1, 0.15) is 0 Å². The molecule has 2 aromatic rings. The van der Waals surface area contributed by atoms with Gasteiger partial charge in [-0.3, -0.25) is 0 Å². The van der Waals surface area contributed by atoms with Crippen molar-refractivity contribution in [2.45, 2.75) is 33.4 Å². The number of imidazole rings is 1. The Hall–Kier alpha value is -1.29. The lowest BCUT2D eigenvalue weighted by molar-refractivity contribution is 0.682. The normalized spacial score (nSPS) is 10.6. The second kappa shape index (κ2) is 5.16. The largest absolute Gasteiger partial charge is 0.351 e. The average molecular weight is 235 g/mol. The van der Waals surface area contributed by atoms with Gasteiger partial charge in [-0.2, -0.15) is 0 Å². The predicted octanol–water partition coefficient (Wildman–Crippen LogP) is 3.28. The Morgan fingerprint density at radius 3 is 3.06 bits per heavy atom. The van der Waals surface area contributed by atoms with Crippen molar-refractivity contribution in [3.05, 3.63) is 34.3 Å². The highest BCUT2D eigenvalue weighted by Gasteiger charge is 2.03. The third-order valence-corrected chi connectivity index (χ3v) is 3.58. The number of aryl methyl sites for hydroxylation is 2. The molecule has 16 heavy (non-hydrogen) atoms. The molecule has 2 heterocycles. The van der Waals surface area contributed by atoms with Gasteiger partial charge in [0, 0.05) is 23.8 Å². The fourth-order valence-corrected chi connectivity index (χ4v) is 2.49. The van der Waals surface area contributed by atoms with Gasteiger partial charge in [-0.25, -0.2) is 4.98 Å². The van der Waals surface area contributed by atoms with Gasteiger partial charge in [-0.05, 0) is 30.4 Å². The molecule has 0 radical (unpaired) electrons. The van der Waals surface area contributed by atoms with E-state index in [1.54, 1.807) is 11.3 Å². The van der Waals surface area contributed by atoms with E-state index in [0.717, 1.165) is 25.5 Å². The van der Waals surface area contributed by atoms with Crippen LogP contribution in [0.5, 0.6) is 0 Å². The van der Waals surface area contributed by atoms with Crippen molar-refractivity contribution in [3.63, 3.8) is 0 Å². The third kappa shape index (κ3) is 2.44. The summed E-state index contributed by atoms with van der Waals surface area (Å²) in [6.45, 7) is 6.20. The quantitative estimate of drug-likeness (QED) is 0.862. The molecule has 0 aliphatic heterocycles. The van der Waals surface area contributed by atoms with Crippen LogP contribution in [0.1, 0.15) is 23.8 Å². The molecule has 1 N–H and O–H groups in total. The number of anilines is 1. The van der Waals surface area contributed by atoms with Gasteiger partial charge in [0.2, 0.25) is 5.95 Å². The van der Waals surface area contributed by atoms with E-state index in [9.17, 15) is 0 Å². The standard InChI is InChI=1S/C12H17N3S/c1-3-6-15-7-5-13-12(15)14-9-11-10(2)4-8-16-11/h4-5,7-8H,3,6,9H2,1-2H3,(H,13,14). The number of nitrogens with zero attached hydrogens (tertiary/aromatic N) is 2. The van der Waals surface area contributed by atoms with E-state index >= 15 is 0 Å². The first-order chi connectivity index (χ1) is 7.81. The second-order valence-electron chi connectivity index (χ2n) is 3.82. The minimum Gasteiger partial charge on any atom is -0.351 e. The molecule has 0 saturated carbocycles. The molecule has 0 bridgehead atoms. The molecule has 3 nitrogen and oxygen atoms in total. The van der Waals surface area contributed by atoms with Crippen LogP contribution in [0.15, 0.2) is 23.8 Å². The molecular weight excluding hydrogens is 218 g/mol. The second-order valence-corrected chi connectivity index (χ2v) is 4.83. The molecule has 4 heteroatoms. The van der Waals surface area contributed by atoms with E-state index in [4.69, 9.17) is 0 Å². The summed E-state index contributed by atoms with van der Waals surface area (Å²) in [4.78, 5) is 5.70. The Kier molecular flexibility index (Phi) is 3.62. The average Bonchev–Trinajstić information content (AvgIpc) is 2.86. The number of rotatable bonds is 5. The molecular formula is C12H17N3S. The zero-order valence-corrected chi connectivity index (χ0v) is 10.5. The lowest BCUT2D eigenvalue weighted by Gasteiger charge is -2.08. The first-order valence-electron chi connectivity index (χ1n) is 5.59. The summed E-state index contributed by atoms with van der Waals surface area (Å²) in [5.41, 5.74) is 1.35. The van der Waals surface area contributed by atoms with Crippen LogP contribution < -0.4 is 5.32 Å². The summed E-state index contributed by atoms with van der Waals surface area (Å²) >= 11 is 1.79. The minimum atomic E-state index is 0.865. The molecule has 0 saturated heterocycles. The van der Waals surface area contributed by atoms with Gasteiger partial charge in [0.25, 0.3) is 0 Å². The van der Waals surface area contributed by atoms with Crippen LogP contribution in [0.4, 0.5) is 5.95 Å². The monoisotopic (exact) mass is 235 g/mol. The fourth-order valence-electron chi connectivity index (χ4n) is 1.64. The predicted molar refractivity (Wildman–Crippen MR) is 68.9 cm³/mol. The van der Waals surface area contributed by atoms with Crippen LogP contribution in [-0.4, -0.2) is 9.55 Å². The van der Waals surface area contributed by atoms with Crippen LogP contribution in [0.3, 0.4) is 0 Å². The highest BCUT2D eigenvalue weighted by molar-refractivity contribution is 7.10. The van der Waals surface area contributed by atoms with E-state index in [2.05, 4.69) is 40.2 Å². The smallest absolute Gasteiger partial charge is 0.203 e. The number of hydrogen-bond acceptors (Lipinski definition) is 3. The Bertz CT molecular complexity index is 445. The highest BCUT2D eigenvalue weighted by atomic mass is 32.1. The minimum absolute atomic E-state index is 0.865. The fraction of sp³-hybridized carbons (Fsp3) is 0.417. The van der Waals surface area contributed by atoms with Gasteiger partial charge in [0.15, 0.2) is 0 Å². The molecule has 0 fully saturated rings. The van der Waals surface area contributed by atoms with E-state index in [1.165, 1.54) is 10.4 Å². The summed E-state index contributed by atoms with van der Waals surface area (Å²) in [6, 6.07) is 2.15. The number of thiophene rings is 1. The van der Waals surface area contributed by atoms with Crippen molar-refractivity contribution in [1.82, 2.24) is 9.55 Å². The van der Waals surface area contributed by atoms with Crippen molar-refractivity contribution < 1.29 is 0 Å². The van der Waals surface area contributed by atoms with Gasteiger partial charge in [0.05, 0.1) is 6.54 Å². The molecule has 0 aliphatic rings. The Morgan fingerprint density at radius 1 is 1.50 bits per heavy atom. The Balaban J connectivity index is 1.99. The van der Waals surface area contributed by atoms with Crippen molar-refractivity contribution in [2.75, 3.05) is 5.32 Å². The first-order valence-corrected chi connectivity index (χ1v) is 6.47.